The number of rotatable bonds is 4. The molecule has 0 bridgehead atoms. The van der Waals surface area contributed by atoms with Crippen molar-refractivity contribution >= 4 is 23.4 Å². The highest BCUT2D eigenvalue weighted by atomic mass is 35.5. The molecule has 0 aliphatic heterocycles. The van der Waals surface area contributed by atoms with E-state index in [9.17, 15) is 4.39 Å². The van der Waals surface area contributed by atoms with Crippen molar-refractivity contribution in [2.75, 3.05) is 6.54 Å². The quantitative estimate of drug-likeness (QED) is 0.912. The molecule has 2 aromatic carbocycles. The number of benzene rings is 2. The van der Waals surface area contributed by atoms with E-state index in [2.05, 4.69) is 0 Å². The van der Waals surface area contributed by atoms with Crippen LogP contribution in [-0.2, 0) is 6.42 Å². The smallest absolute Gasteiger partial charge is 0.137 e. The van der Waals surface area contributed by atoms with Crippen molar-refractivity contribution in [2.45, 2.75) is 16.2 Å². The summed E-state index contributed by atoms with van der Waals surface area (Å²) in [4.78, 5) is 1.46. The second kappa shape index (κ2) is 6.23. The number of hydrogen-bond donors (Lipinski definition) is 1. The van der Waals surface area contributed by atoms with Crippen LogP contribution >= 0.6 is 23.4 Å². The van der Waals surface area contributed by atoms with Gasteiger partial charge in [-0.3, -0.25) is 0 Å². The molecule has 0 saturated heterocycles. The third kappa shape index (κ3) is 3.05. The molecular formula is C14H13ClFNS. The van der Waals surface area contributed by atoms with Crippen LogP contribution in [0.5, 0.6) is 0 Å². The normalized spacial score (nSPS) is 10.6. The van der Waals surface area contributed by atoms with Gasteiger partial charge in [-0.15, -0.1) is 0 Å². The Morgan fingerprint density at radius 2 is 1.89 bits per heavy atom. The molecule has 4 heteroatoms. The molecule has 1 nitrogen and oxygen atoms in total. The molecule has 0 atom stereocenters. The molecule has 0 unspecified atom stereocenters. The zero-order valence-corrected chi connectivity index (χ0v) is 11.3. The van der Waals surface area contributed by atoms with Crippen LogP contribution in [0, 0.1) is 5.82 Å². The first-order valence-corrected chi connectivity index (χ1v) is 6.81. The van der Waals surface area contributed by atoms with Gasteiger partial charge >= 0.3 is 0 Å². The van der Waals surface area contributed by atoms with E-state index in [1.165, 1.54) is 17.8 Å². The van der Waals surface area contributed by atoms with Crippen molar-refractivity contribution in [1.29, 1.82) is 0 Å². The van der Waals surface area contributed by atoms with Crippen LogP contribution < -0.4 is 5.73 Å². The SMILES string of the molecule is NCCc1cccc(F)c1Sc1ccccc1Cl. The van der Waals surface area contributed by atoms with Crippen LogP contribution in [0.25, 0.3) is 0 Å². The van der Waals surface area contributed by atoms with Gasteiger partial charge in [-0.1, -0.05) is 47.6 Å². The van der Waals surface area contributed by atoms with Gasteiger partial charge in [0, 0.05) is 4.90 Å². The van der Waals surface area contributed by atoms with Crippen molar-refractivity contribution < 1.29 is 4.39 Å². The van der Waals surface area contributed by atoms with E-state index in [1.807, 2.05) is 24.3 Å². The Bertz CT molecular complexity index is 545. The molecule has 0 heterocycles. The summed E-state index contributed by atoms with van der Waals surface area (Å²) in [5.74, 6) is -0.231. The topological polar surface area (TPSA) is 26.0 Å². The maximum absolute atomic E-state index is 13.9. The minimum atomic E-state index is -0.231. The van der Waals surface area contributed by atoms with Gasteiger partial charge in [0.2, 0.25) is 0 Å². The Morgan fingerprint density at radius 1 is 1.11 bits per heavy atom. The van der Waals surface area contributed by atoms with Gasteiger partial charge in [-0.25, -0.2) is 4.39 Å². The Morgan fingerprint density at radius 3 is 2.61 bits per heavy atom. The third-order valence-corrected chi connectivity index (χ3v) is 4.19. The molecule has 0 amide bonds. The summed E-state index contributed by atoms with van der Waals surface area (Å²) < 4.78 is 13.9. The number of halogens is 2. The number of nitrogens with two attached hydrogens (primary N) is 1. The summed E-state index contributed by atoms with van der Waals surface area (Å²) >= 11 is 7.43. The summed E-state index contributed by atoms with van der Waals surface area (Å²) in [6.45, 7) is 0.500. The summed E-state index contributed by atoms with van der Waals surface area (Å²) in [6.07, 6.45) is 0.657. The predicted octanol–water partition coefficient (Wildman–Crippen LogP) is 4.13. The molecule has 2 N–H and O–H groups in total. The standard InChI is InChI=1S/C14H13ClFNS/c15-11-5-1-2-7-13(11)18-14-10(8-9-17)4-3-6-12(14)16/h1-7H,8-9,17H2. The zero-order chi connectivity index (χ0) is 13.0. The lowest BCUT2D eigenvalue weighted by Crippen LogP contribution is -2.04. The average Bonchev–Trinajstić information content (AvgIpc) is 2.36. The molecule has 0 aromatic heterocycles. The molecule has 0 aliphatic rings. The van der Waals surface area contributed by atoms with Gasteiger partial charge in [-0.2, -0.15) is 0 Å². The maximum atomic E-state index is 13.9. The van der Waals surface area contributed by atoms with Crippen LogP contribution in [0.2, 0.25) is 5.02 Å². The van der Waals surface area contributed by atoms with Gasteiger partial charge in [0.05, 0.1) is 9.92 Å². The zero-order valence-electron chi connectivity index (χ0n) is 9.70. The molecule has 2 rings (SSSR count). The highest BCUT2D eigenvalue weighted by Gasteiger charge is 2.11. The lowest BCUT2D eigenvalue weighted by atomic mass is 10.1. The van der Waals surface area contributed by atoms with E-state index in [-0.39, 0.29) is 5.82 Å². The van der Waals surface area contributed by atoms with E-state index in [0.717, 1.165) is 10.5 Å². The van der Waals surface area contributed by atoms with Crippen molar-refractivity contribution in [3.63, 3.8) is 0 Å². The molecule has 0 aliphatic carbocycles. The largest absolute Gasteiger partial charge is 0.330 e. The molecule has 0 saturated carbocycles. The van der Waals surface area contributed by atoms with Crippen molar-refractivity contribution in [3.05, 3.63) is 58.9 Å². The second-order valence-electron chi connectivity index (χ2n) is 3.80. The second-order valence-corrected chi connectivity index (χ2v) is 5.26. The molecule has 18 heavy (non-hydrogen) atoms. The van der Waals surface area contributed by atoms with E-state index in [4.69, 9.17) is 17.3 Å². The molecule has 0 spiro atoms. The first kappa shape index (κ1) is 13.4. The fourth-order valence-electron chi connectivity index (χ4n) is 1.66. The lowest BCUT2D eigenvalue weighted by Gasteiger charge is -2.10. The van der Waals surface area contributed by atoms with Crippen molar-refractivity contribution in [1.82, 2.24) is 0 Å². The van der Waals surface area contributed by atoms with E-state index >= 15 is 0 Å². The lowest BCUT2D eigenvalue weighted by molar-refractivity contribution is 0.597. The van der Waals surface area contributed by atoms with Gasteiger partial charge in [0.25, 0.3) is 0 Å². The highest BCUT2D eigenvalue weighted by Crippen LogP contribution is 2.36. The first-order chi connectivity index (χ1) is 8.72. The minimum Gasteiger partial charge on any atom is -0.330 e. The molecule has 94 valence electrons. The van der Waals surface area contributed by atoms with Crippen LogP contribution in [0.15, 0.2) is 52.3 Å². The van der Waals surface area contributed by atoms with Gasteiger partial charge in [0.1, 0.15) is 5.82 Å². The number of hydrogen-bond acceptors (Lipinski definition) is 2. The summed E-state index contributed by atoms with van der Waals surface area (Å²) in [5, 5.41) is 0.629. The van der Waals surface area contributed by atoms with Gasteiger partial charge in [-0.05, 0) is 36.7 Å². The van der Waals surface area contributed by atoms with Crippen LogP contribution in [0.3, 0.4) is 0 Å². The van der Waals surface area contributed by atoms with Crippen LogP contribution in [0.1, 0.15) is 5.56 Å². The van der Waals surface area contributed by atoms with Crippen LogP contribution in [0.4, 0.5) is 4.39 Å². The van der Waals surface area contributed by atoms with Crippen molar-refractivity contribution in [2.24, 2.45) is 5.73 Å². The highest BCUT2D eigenvalue weighted by molar-refractivity contribution is 7.99. The average molecular weight is 282 g/mol. The molecule has 0 radical (unpaired) electrons. The summed E-state index contributed by atoms with van der Waals surface area (Å²) in [5.41, 5.74) is 6.46. The molecular weight excluding hydrogens is 269 g/mol. The Hall–Kier alpha value is -1.03. The third-order valence-electron chi connectivity index (χ3n) is 2.51. The van der Waals surface area contributed by atoms with Crippen molar-refractivity contribution in [3.8, 4) is 0 Å². The molecule has 0 fully saturated rings. The Balaban J connectivity index is 2.36. The monoisotopic (exact) mass is 281 g/mol. The van der Waals surface area contributed by atoms with E-state index < -0.39 is 0 Å². The first-order valence-electron chi connectivity index (χ1n) is 5.62. The molecule has 2 aromatic rings. The minimum absolute atomic E-state index is 0.231. The van der Waals surface area contributed by atoms with Gasteiger partial charge in [0.15, 0.2) is 0 Å². The van der Waals surface area contributed by atoms with E-state index in [1.54, 1.807) is 12.1 Å². The van der Waals surface area contributed by atoms with Crippen LogP contribution in [-0.4, -0.2) is 6.54 Å². The summed E-state index contributed by atoms with van der Waals surface area (Å²) in [6, 6.07) is 12.5. The maximum Gasteiger partial charge on any atom is 0.137 e. The predicted molar refractivity (Wildman–Crippen MR) is 74.7 cm³/mol. The fraction of sp³-hybridized carbons (Fsp3) is 0.143. The summed E-state index contributed by atoms with van der Waals surface area (Å²) in [7, 11) is 0. The van der Waals surface area contributed by atoms with Gasteiger partial charge < -0.3 is 5.73 Å². The van der Waals surface area contributed by atoms with E-state index in [0.29, 0.717) is 22.9 Å². The Kier molecular flexibility index (Phi) is 4.64. The Labute approximate surface area is 115 Å². The fourth-order valence-corrected chi connectivity index (χ4v) is 2.91.